The Balaban J connectivity index is 3.53. The van der Waals surface area contributed by atoms with Gasteiger partial charge in [0.05, 0.1) is 6.61 Å². The number of likely N-dealkylation sites (N-methyl/N-ethyl adjacent to an activating group) is 1. The first-order valence-corrected chi connectivity index (χ1v) is 4.87. The fraction of sp³-hybridized carbons (Fsp3) is 1.00. The third-order valence-corrected chi connectivity index (χ3v) is 2.44. The third kappa shape index (κ3) is 7.16. The maximum atomic E-state index is 11.7. The molecule has 0 amide bonds. The molecule has 2 nitrogen and oxygen atoms in total. The van der Waals surface area contributed by atoms with E-state index in [1.165, 1.54) is 0 Å². The largest absolute Gasteiger partial charge is 0.441 e. The van der Waals surface area contributed by atoms with E-state index in [1.54, 1.807) is 18.9 Å². The van der Waals surface area contributed by atoms with E-state index in [4.69, 9.17) is 5.11 Å². The van der Waals surface area contributed by atoms with Crippen LogP contribution in [0.25, 0.3) is 0 Å². The Morgan fingerprint density at radius 1 is 1.46 bits per heavy atom. The van der Waals surface area contributed by atoms with Crippen LogP contribution in [-0.4, -0.2) is 47.5 Å². The Labute approximate surface area is 80.1 Å². The maximum Gasteiger partial charge on any atom is 0.441 e. The summed E-state index contributed by atoms with van der Waals surface area (Å²) < 4.78 is 35.1. The Kier molecular flexibility index (Phi) is 5.75. The normalized spacial score (nSPS) is 15.0. The summed E-state index contributed by atoms with van der Waals surface area (Å²) in [6.45, 7) is 2.05. The number of thioether (sulfide) groups is 1. The van der Waals surface area contributed by atoms with E-state index in [0.29, 0.717) is 6.54 Å². The maximum absolute atomic E-state index is 11.7. The van der Waals surface area contributed by atoms with Crippen molar-refractivity contribution in [3.05, 3.63) is 0 Å². The molecule has 0 fully saturated rings. The third-order valence-electron chi connectivity index (χ3n) is 1.73. The first-order chi connectivity index (χ1) is 5.87. The SMILES string of the molecule is CC(CO)N(C)CCSC(F)(F)F. The van der Waals surface area contributed by atoms with E-state index in [-0.39, 0.29) is 30.2 Å². The van der Waals surface area contributed by atoms with Gasteiger partial charge in [-0.05, 0) is 25.7 Å². The molecule has 1 atom stereocenters. The second-order valence-electron chi connectivity index (χ2n) is 2.81. The average Bonchev–Trinajstić information content (AvgIpc) is 2.00. The number of hydrogen-bond donors (Lipinski definition) is 1. The van der Waals surface area contributed by atoms with E-state index in [2.05, 4.69) is 0 Å². The zero-order valence-electron chi connectivity index (χ0n) is 7.64. The summed E-state index contributed by atoms with van der Waals surface area (Å²) in [6, 6.07) is -0.0890. The van der Waals surface area contributed by atoms with Crippen molar-refractivity contribution < 1.29 is 18.3 Å². The Hall–Kier alpha value is 0.0600. The van der Waals surface area contributed by atoms with Crippen molar-refractivity contribution >= 4 is 11.8 Å². The van der Waals surface area contributed by atoms with Crippen molar-refractivity contribution in [3.8, 4) is 0 Å². The first-order valence-electron chi connectivity index (χ1n) is 3.88. The zero-order chi connectivity index (χ0) is 10.5. The predicted octanol–water partition coefficient (Wildman–Crippen LogP) is 1.55. The molecule has 0 aliphatic heterocycles. The predicted molar refractivity (Wildman–Crippen MR) is 47.7 cm³/mol. The molecule has 6 heteroatoms. The summed E-state index contributed by atoms with van der Waals surface area (Å²) in [7, 11) is 1.69. The highest BCUT2D eigenvalue weighted by Crippen LogP contribution is 2.29. The molecule has 0 aromatic rings. The number of alkyl halides is 3. The lowest BCUT2D eigenvalue weighted by molar-refractivity contribution is -0.0329. The minimum atomic E-state index is -4.15. The fourth-order valence-corrected chi connectivity index (χ4v) is 1.28. The molecule has 0 aromatic carbocycles. The lowest BCUT2D eigenvalue weighted by Gasteiger charge is -2.22. The van der Waals surface area contributed by atoms with Crippen LogP contribution in [0.4, 0.5) is 13.2 Å². The van der Waals surface area contributed by atoms with E-state index in [0.717, 1.165) is 0 Å². The second kappa shape index (κ2) is 5.72. The Bertz CT molecular complexity index is 142. The van der Waals surface area contributed by atoms with Crippen LogP contribution in [0.15, 0.2) is 0 Å². The first kappa shape index (κ1) is 13.1. The molecule has 0 saturated carbocycles. The van der Waals surface area contributed by atoms with Crippen LogP contribution in [-0.2, 0) is 0 Å². The zero-order valence-corrected chi connectivity index (χ0v) is 8.45. The molecule has 0 aliphatic rings. The average molecular weight is 217 g/mol. The Morgan fingerprint density at radius 3 is 2.38 bits per heavy atom. The van der Waals surface area contributed by atoms with Crippen molar-refractivity contribution in [2.75, 3.05) is 26.0 Å². The van der Waals surface area contributed by atoms with Crippen LogP contribution in [0, 0.1) is 0 Å². The van der Waals surface area contributed by atoms with Crippen LogP contribution in [0.5, 0.6) is 0 Å². The summed E-state index contributed by atoms with van der Waals surface area (Å²) in [5.41, 5.74) is -4.15. The molecular weight excluding hydrogens is 203 g/mol. The topological polar surface area (TPSA) is 23.5 Å². The highest BCUT2D eigenvalue weighted by Gasteiger charge is 2.27. The number of aliphatic hydroxyl groups is 1. The molecule has 0 aromatic heterocycles. The van der Waals surface area contributed by atoms with E-state index in [1.807, 2.05) is 0 Å². The van der Waals surface area contributed by atoms with Gasteiger partial charge >= 0.3 is 5.51 Å². The van der Waals surface area contributed by atoms with E-state index < -0.39 is 5.51 Å². The minimum Gasteiger partial charge on any atom is -0.395 e. The second-order valence-corrected chi connectivity index (χ2v) is 3.97. The summed E-state index contributed by atoms with van der Waals surface area (Å²) in [4.78, 5) is 1.69. The molecule has 13 heavy (non-hydrogen) atoms. The monoisotopic (exact) mass is 217 g/mol. The van der Waals surface area contributed by atoms with Crippen LogP contribution in [0.1, 0.15) is 6.92 Å². The van der Waals surface area contributed by atoms with Crippen LogP contribution in [0.2, 0.25) is 0 Å². The molecule has 0 heterocycles. The van der Waals surface area contributed by atoms with Crippen molar-refractivity contribution in [3.63, 3.8) is 0 Å². The number of rotatable bonds is 5. The Morgan fingerprint density at radius 2 is 2.00 bits per heavy atom. The molecule has 0 aliphatic carbocycles. The van der Waals surface area contributed by atoms with Crippen molar-refractivity contribution in [1.29, 1.82) is 0 Å². The lowest BCUT2D eigenvalue weighted by atomic mass is 10.3. The van der Waals surface area contributed by atoms with Gasteiger partial charge in [-0.3, -0.25) is 0 Å². The summed E-state index contributed by atoms with van der Waals surface area (Å²) in [6.07, 6.45) is 0. The van der Waals surface area contributed by atoms with Crippen LogP contribution in [0.3, 0.4) is 0 Å². The van der Waals surface area contributed by atoms with Gasteiger partial charge in [0.15, 0.2) is 0 Å². The lowest BCUT2D eigenvalue weighted by Crippen LogP contribution is -2.34. The van der Waals surface area contributed by atoms with Crippen molar-refractivity contribution in [2.45, 2.75) is 18.5 Å². The van der Waals surface area contributed by atoms with Crippen molar-refractivity contribution in [1.82, 2.24) is 4.90 Å². The van der Waals surface area contributed by atoms with Crippen LogP contribution < -0.4 is 0 Å². The number of nitrogens with zero attached hydrogens (tertiary/aromatic N) is 1. The van der Waals surface area contributed by atoms with Gasteiger partial charge in [-0.15, -0.1) is 0 Å². The van der Waals surface area contributed by atoms with Gasteiger partial charge in [0.2, 0.25) is 0 Å². The summed E-state index contributed by atoms with van der Waals surface area (Å²) >= 11 is -0.0335. The van der Waals surface area contributed by atoms with Gasteiger partial charge in [-0.2, -0.15) is 13.2 Å². The summed E-state index contributed by atoms with van der Waals surface area (Å²) in [5, 5.41) is 8.69. The highest BCUT2D eigenvalue weighted by atomic mass is 32.2. The summed E-state index contributed by atoms with van der Waals surface area (Å²) in [5.74, 6) is 0.00431. The van der Waals surface area contributed by atoms with Gasteiger partial charge in [-0.1, -0.05) is 0 Å². The molecular formula is C7H14F3NOS. The fourth-order valence-electron chi connectivity index (χ4n) is 0.665. The van der Waals surface area contributed by atoms with Gasteiger partial charge in [0.25, 0.3) is 0 Å². The smallest absolute Gasteiger partial charge is 0.395 e. The van der Waals surface area contributed by atoms with Crippen LogP contribution >= 0.6 is 11.8 Å². The van der Waals surface area contributed by atoms with Gasteiger partial charge in [-0.25, -0.2) is 0 Å². The standard InChI is InChI=1S/C7H14F3NOS/c1-6(5-12)11(2)3-4-13-7(8,9)10/h6,12H,3-5H2,1-2H3. The number of halogens is 3. The molecule has 0 radical (unpaired) electrons. The highest BCUT2D eigenvalue weighted by molar-refractivity contribution is 8.00. The van der Waals surface area contributed by atoms with E-state index in [9.17, 15) is 13.2 Å². The molecule has 0 bridgehead atoms. The molecule has 0 spiro atoms. The van der Waals surface area contributed by atoms with Gasteiger partial charge in [0.1, 0.15) is 0 Å². The van der Waals surface area contributed by atoms with Gasteiger partial charge < -0.3 is 10.0 Å². The molecule has 0 saturated heterocycles. The quantitative estimate of drug-likeness (QED) is 0.756. The minimum absolute atomic E-state index is 0.00431. The number of aliphatic hydroxyl groups excluding tert-OH is 1. The molecule has 1 unspecified atom stereocenters. The van der Waals surface area contributed by atoms with Gasteiger partial charge in [0, 0.05) is 18.3 Å². The molecule has 0 rings (SSSR count). The molecule has 80 valence electrons. The van der Waals surface area contributed by atoms with E-state index >= 15 is 0 Å². The number of hydrogen-bond acceptors (Lipinski definition) is 3. The van der Waals surface area contributed by atoms with Crippen molar-refractivity contribution in [2.24, 2.45) is 0 Å². The molecule has 1 N–H and O–H groups in total.